The van der Waals surface area contributed by atoms with Crippen LogP contribution in [0.3, 0.4) is 0 Å². The Hall–Kier alpha value is -2.04. The average Bonchev–Trinajstić information content (AvgIpc) is 2.57. The first kappa shape index (κ1) is 18.3. The van der Waals surface area contributed by atoms with E-state index in [0.717, 1.165) is 11.3 Å². The van der Waals surface area contributed by atoms with Crippen molar-refractivity contribution >= 4 is 17.5 Å². The highest BCUT2D eigenvalue weighted by atomic mass is 35.5. The van der Waals surface area contributed by atoms with E-state index in [4.69, 9.17) is 16.3 Å². The van der Waals surface area contributed by atoms with Crippen LogP contribution in [0, 0.1) is 0 Å². The Bertz CT molecular complexity index is 655. The molecule has 2 N–H and O–H groups in total. The summed E-state index contributed by atoms with van der Waals surface area (Å²) >= 11 is 5.84. The predicted octanol–water partition coefficient (Wildman–Crippen LogP) is 3.52. The van der Waals surface area contributed by atoms with Gasteiger partial charge in [-0.2, -0.15) is 0 Å². The molecule has 0 aliphatic carbocycles. The highest BCUT2D eigenvalue weighted by molar-refractivity contribution is 6.30. The van der Waals surface area contributed by atoms with E-state index in [9.17, 15) is 9.90 Å². The number of benzene rings is 2. The van der Waals surface area contributed by atoms with Gasteiger partial charge in [-0.15, -0.1) is 0 Å². The summed E-state index contributed by atoms with van der Waals surface area (Å²) < 4.78 is 5.38. The van der Waals surface area contributed by atoms with Crippen LogP contribution in [0.2, 0.25) is 5.02 Å². The topological polar surface area (TPSA) is 58.6 Å². The molecule has 2 atom stereocenters. The van der Waals surface area contributed by atoms with Crippen molar-refractivity contribution in [2.24, 2.45) is 0 Å². The van der Waals surface area contributed by atoms with Crippen molar-refractivity contribution in [3.05, 3.63) is 64.7 Å². The molecule has 0 spiro atoms. The lowest BCUT2D eigenvalue weighted by atomic mass is 10.0. The molecule has 1 amide bonds. The van der Waals surface area contributed by atoms with Crippen molar-refractivity contribution in [1.82, 2.24) is 5.32 Å². The summed E-state index contributed by atoms with van der Waals surface area (Å²) in [5.41, 5.74) is 1.61. The summed E-state index contributed by atoms with van der Waals surface area (Å²) in [5, 5.41) is 13.8. The molecule has 0 aromatic heterocycles. The van der Waals surface area contributed by atoms with E-state index in [1.807, 2.05) is 31.2 Å². The number of hydrogen-bond acceptors (Lipinski definition) is 3. The van der Waals surface area contributed by atoms with E-state index < -0.39 is 12.1 Å². The number of aliphatic hydroxyl groups excluding tert-OH is 1. The summed E-state index contributed by atoms with van der Waals surface area (Å²) in [6.45, 7) is 4.31. The van der Waals surface area contributed by atoms with Crippen molar-refractivity contribution in [3.63, 3.8) is 0 Å². The quantitative estimate of drug-likeness (QED) is 0.805. The molecule has 0 aliphatic heterocycles. The molecule has 2 rings (SSSR count). The zero-order chi connectivity index (χ0) is 17.5. The third-order valence-corrected chi connectivity index (χ3v) is 3.92. The molecule has 4 nitrogen and oxygen atoms in total. The van der Waals surface area contributed by atoms with Crippen LogP contribution in [-0.2, 0) is 11.2 Å². The fourth-order valence-electron chi connectivity index (χ4n) is 2.39. The third-order valence-electron chi connectivity index (χ3n) is 3.67. The Labute approximate surface area is 147 Å². The average molecular weight is 348 g/mol. The Morgan fingerprint density at radius 3 is 2.38 bits per heavy atom. The largest absolute Gasteiger partial charge is 0.494 e. The van der Waals surface area contributed by atoms with Gasteiger partial charge in [0.25, 0.3) is 0 Å². The van der Waals surface area contributed by atoms with E-state index in [0.29, 0.717) is 17.2 Å². The molecule has 2 aromatic rings. The molecular formula is C19H22ClNO3. The first-order valence-electron chi connectivity index (χ1n) is 7.94. The van der Waals surface area contributed by atoms with Crippen LogP contribution in [0.15, 0.2) is 48.5 Å². The predicted molar refractivity (Wildman–Crippen MR) is 95.3 cm³/mol. The van der Waals surface area contributed by atoms with Gasteiger partial charge in [0.05, 0.1) is 25.2 Å². The van der Waals surface area contributed by atoms with Crippen molar-refractivity contribution < 1.29 is 14.6 Å². The minimum atomic E-state index is -0.786. The van der Waals surface area contributed by atoms with Crippen LogP contribution >= 0.6 is 11.6 Å². The van der Waals surface area contributed by atoms with Gasteiger partial charge >= 0.3 is 0 Å². The molecule has 0 heterocycles. The summed E-state index contributed by atoms with van der Waals surface area (Å²) in [7, 11) is 0. The van der Waals surface area contributed by atoms with Crippen LogP contribution in [0.5, 0.6) is 5.75 Å². The molecule has 0 saturated heterocycles. The lowest BCUT2D eigenvalue weighted by Gasteiger charge is -2.20. The van der Waals surface area contributed by atoms with Crippen molar-refractivity contribution in [2.75, 3.05) is 6.61 Å². The van der Waals surface area contributed by atoms with Crippen molar-refractivity contribution in [3.8, 4) is 5.75 Å². The number of halogens is 1. The molecule has 5 heteroatoms. The molecule has 0 radical (unpaired) electrons. The van der Waals surface area contributed by atoms with Gasteiger partial charge in [0, 0.05) is 5.02 Å². The molecule has 0 saturated carbocycles. The Morgan fingerprint density at radius 2 is 1.79 bits per heavy atom. The van der Waals surface area contributed by atoms with Gasteiger partial charge in [-0.1, -0.05) is 35.9 Å². The number of aliphatic hydroxyl groups is 1. The standard InChI is InChI=1S/C19H22ClNO3/c1-3-24-17-10-4-14(5-11-17)12-18(22)21-13(2)19(23)15-6-8-16(20)9-7-15/h4-11,13,19,23H,3,12H2,1-2H3,(H,21,22). The molecule has 128 valence electrons. The van der Waals surface area contributed by atoms with Gasteiger partial charge in [-0.25, -0.2) is 0 Å². The van der Waals surface area contributed by atoms with Gasteiger partial charge in [0.15, 0.2) is 0 Å². The van der Waals surface area contributed by atoms with Crippen molar-refractivity contribution in [1.29, 1.82) is 0 Å². The minimum Gasteiger partial charge on any atom is -0.494 e. The number of carbonyl (C=O) groups is 1. The minimum absolute atomic E-state index is 0.139. The summed E-state index contributed by atoms with van der Waals surface area (Å²) in [6, 6.07) is 14.0. The highest BCUT2D eigenvalue weighted by Gasteiger charge is 2.18. The normalized spacial score (nSPS) is 13.2. The molecule has 2 unspecified atom stereocenters. The van der Waals surface area contributed by atoms with Gasteiger partial charge in [-0.05, 0) is 49.2 Å². The molecular weight excluding hydrogens is 326 g/mol. The van der Waals surface area contributed by atoms with E-state index in [1.165, 1.54) is 0 Å². The second-order valence-electron chi connectivity index (χ2n) is 5.61. The van der Waals surface area contributed by atoms with Gasteiger partial charge < -0.3 is 15.2 Å². The van der Waals surface area contributed by atoms with Crippen LogP contribution in [0.1, 0.15) is 31.1 Å². The Morgan fingerprint density at radius 1 is 1.17 bits per heavy atom. The summed E-state index contributed by atoms with van der Waals surface area (Å²) in [4.78, 5) is 12.1. The number of ether oxygens (including phenoxy) is 1. The van der Waals surface area contributed by atoms with E-state index in [2.05, 4.69) is 5.32 Å². The van der Waals surface area contributed by atoms with Gasteiger partial charge in [0.2, 0.25) is 5.91 Å². The third kappa shape index (κ3) is 5.25. The molecule has 0 aliphatic rings. The molecule has 0 bridgehead atoms. The first-order valence-corrected chi connectivity index (χ1v) is 8.32. The molecule has 0 fully saturated rings. The second kappa shape index (κ2) is 8.71. The maximum atomic E-state index is 12.1. The van der Waals surface area contributed by atoms with Crippen LogP contribution in [0.25, 0.3) is 0 Å². The van der Waals surface area contributed by atoms with Crippen LogP contribution < -0.4 is 10.1 Å². The second-order valence-corrected chi connectivity index (χ2v) is 6.04. The summed E-state index contributed by atoms with van der Waals surface area (Å²) in [6.07, 6.45) is -0.532. The highest BCUT2D eigenvalue weighted by Crippen LogP contribution is 2.19. The van der Waals surface area contributed by atoms with E-state index >= 15 is 0 Å². The summed E-state index contributed by atoms with van der Waals surface area (Å²) in [5.74, 6) is 0.646. The van der Waals surface area contributed by atoms with Crippen LogP contribution in [-0.4, -0.2) is 23.7 Å². The van der Waals surface area contributed by atoms with E-state index in [1.54, 1.807) is 31.2 Å². The smallest absolute Gasteiger partial charge is 0.224 e. The number of rotatable bonds is 7. The van der Waals surface area contributed by atoms with Crippen molar-refractivity contribution in [2.45, 2.75) is 32.4 Å². The van der Waals surface area contributed by atoms with E-state index in [-0.39, 0.29) is 12.3 Å². The number of hydrogen-bond donors (Lipinski definition) is 2. The Kier molecular flexibility index (Phi) is 6.64. The zero-order valence-electron chi connectivity index (χ0n) is 13.8. The van der Waals surface area contributed by atoms with Crippen LogP contribution in [0.4, 0.5) is 0 Å². The monoisotopic (exact) mass is 347 g/mol. The lowest BCUT2D eigenvalue weighted by Crippen LogP contribution is -2.37. The maximum absolute atomic E-state index is 12.1. The number of amides is 1. The molecule has 2 aromatic carbocycles. The van der Waals surface area contributed by atoms with Gasteiger partial charge in [-0.3, -0.25) is 4.79 Å². The Balaban J connectivity index is 1.89. The number of carbonyl (C=O) groups excluding carboxylic acids is 1. The number of nitrogens with one attached hydrogen (secondary N) is 1. The first-order chi connectivity index (χ1) is 11.5. The maximum Gasteiger partial charge on any atom is 0.224 e. The zero-order valence-corrected chi connectivity index (χ0v) is 14.6. The SMILES string of the molecule is CCOc1ccc(CC(=O)NC(C)C(O)c2ccc(Cl)cc2)cc1. The molecule has 24 heavy (non-hydrogen) atoms. The fourth-order valence-corrected chi connectivity index (χ4v) is 2.51. The lowest BCUT2D eigenvalue weighted by molar-refractivity contribution is -0.121. The van der Waals surface area contributed by atoms with Gasteiger partial charge in [0.1, 0.15) is 5.75 Å². The fraction of sp³-hybridized carbons (Fsp3) is 0.316.